The van der Waals surface area contributed by atoms with E-state index in [1.807, 2.05) is 50.2 Å². The Kier molecular flexibility index (Phi) is 5.13. The number of rotatable bonds is 4. The summed E-state index contributed by atoms with van der Waals surface area (Å²) in [5, 5.41) is 14.6. The second-order valence-corrected chi connectivity index (χ2v) is 7.51. The molecule has 0 aliphatic rings. The van der Waals surface area contributed by atoms with E-state index in [9.17, 15) is 9.59 Å². The highest BCUT2D eigenvalue weighted by molar-refractivity contribution is 7.99. The van der Waals surface area contributed by atoms with Crippen molar-refractivity contribution in [1.82, 2.24) is 25.5 Å². The molecule has 8 nitrogen and oxygen atoms in total. The third-order valence-corrected chi connectivity index (χ3v) is 5.16. The fourth-order valence-electron chi connectivity index (χ4n) is 2.97. The zero-order valence-electron chi connectivity index (χ0n) is 15.8. The van der Waals surface area contributed by atoms with E-state index in [2.05, 4.69) is 30.8 Å². The van der Waals surface area contributed by atoms with E-state index in [0.717, 1.165) is 33.8 Å². The standard InChI is InChI=1S/C20H18N6O2S/c1-11-7-8-14(12(2)9-11)22-19(28)23-16(27)10-29-20-24-18-17(25-26-20)13-5-3-4-6-15(13)21-18/h3-9H,10H2,1-2H3,(H,21,24,26)(H2,22,23,27,28). The van der Waals surface area contributed by atoms with Gasteiger partial charge in [0.1, 0.15) is 5.52 Å². The van der Waals surface area contributed by atoms with Crippen LogP contribution in [0.1, 0.15) is 11.1 Å². The molecule has 9 heteroatoms. The van der Waals surface area contributed by atoms with Crippen LogP contribution in [-0.4, -0.2) is 37.9 Å². The summed E-state index contributed by atoms with van der Waals surface area (Å²) < 4.78 is 0. The summed E-state index contributed by atoms with van der Waals surface area (Å²) in [6.45, 7) is 3.87. The Morgan fingerprint density at radius 2 is 1.93 bits per heavy atom. The molecule has 0 unspecified atom stereocenters. The molecule has 2 aromatic heterocycles. The number of hydrogen-bond acceptors (Lipinski definition) is 6. The first-order valence-electron chi connectivity index (χ1n) is 8.91. The number of urea groups is 1. The molecule has 29 heavy (non-hydrogen) atoms. The summed E-state index contributed by atoms with van der Waals surface area (Å²) in [4.78, 5) is 31.7. The molecule has 0 bridgehead atoms. The van der Waals surface area contributed by atoms with Gasteiger partial charge in [-0.25, -0.2) is 9.78 Å². The molecular formula is C20H18N6O2S. The number of benzene rings is 2. The molecule has 0 spiro atoms. The van der Waals surface area contributed by atoms with Gasteiger partial charge in [-0.3, -0.25) is 10.1 Å². The lowest BCUT2D eigenvalue weighted by atomic mass is 10.1. The van der Waals surface area contributed by atoms with Crippen LogP contribution in [-0.2, 0) is 4.79 Å². The number of thioether (sulfide) groups is 1. The third kappa shape index (κ3) is 4.19. The highest BCUT2D eigenvalue weighted by Crippen LogP contribution is 2.23. The number of H-pyrrole nitrogens is 1. The number of nitrogens with zero attached hydrogens (tertiary/aromatic N) is 3. The van der Waals surface area contributed by atoms with Gasteiger partial charge in [0, 0.05) is 16.6 Å². The summed E-state index contributed by atoms with van der Waals surface area (Å²) in [5.74, 6) is -0.453. The molecule has 0 atom stereocenters. The number of fused-ring (bicyclic) bond motifs is 3. The summed E-state index contributed by atoms with van der Waals surface area (Å²) in [5.41, 5.74) is 4.89. The van der Waals surface area contributed by atoms with Gasteiger partial charge in [0.05, 0.1) is 5.75 Å². The van der Waals surface area contributed by atoms with Gasteiger partial charge in [-0.1, -0.05) is 47.7 Å². The second-order valence-electron chi connectivity index (χ2n) is 6.57. The van der Waals surface area contributed by atoms with Gasteiger partial charge < -0.3 is 10.3 Å². The minimum atomic E-state index is -0.576. The monoisotopic (exact) mass is 406 g/mol. The maximum atomic E-state index is 12.1. The summed E-state index contributed by atoms with van der Waals surface area (Å²) in [7, 11) is 0. The molecule has 0 aliphatic carbocycles. The Morgan fingerprint density at radius 3 is 2.76 bits per heavy atom. The number of para-hydroxylation sites is 1. The van der Waals surface area contributed by atoms with Gasteiger partial charge in [-0.2, -0.15) is 0 Å². The molecule has 146 valence electrons. The van der Waals surface area contributed by atoms with E-state index in [4.69, 9.17) is 0 Å². The average Bonchev–Trinajstić information content (AvgIpc) is 3.06. The lowest BCUT2D eigenvalue weighted by molar-refractivity contribution is -0.117. The van der Waals surface area contributed by atoms with Crippen LogP contribution in [0.25, 0.3) is 22.1 Å². The molecule has 0 saturated heterocycles. The van der Waals surface area contributed by atoms with Crippen LogP contribution in [0.5, 0.6) is 0 Å². The molecule has 0 radical (unpaired) electrons. The van der Waals surface area contributed by atoms with Crippen LogP contribution in [0.2, 0.25) is 0 Å². The van der Waals surface area contributed by atoms with Crippen molar-refractivity contribution in [3.63, 3.8) is 0 Å². The Bertz CT molecular complexity index is 1240. The molecule has 4 rings (SSSR count). The van der Waals surface area contributed by atoms with E-state index in [0.29, 0.717) is 22.0 Å². The molecule has 2 aromatic carbocycles. The van der Waals surface area contributed by atoms with Crippen molar-refractivity contribution in [1.29, 1.82) is 0 Å². The van der Waals surface area contributed by atoms with Crippen LogP contribution in [0, 0.1) is 13.8 Å². The molecule has 0 aliphatic heterocycles. The largest absolute Gasteiger partial charge is 0.338 e. The fourth-order valence-corrected chi connectivity index (χ4v) is 3.55. The third-order valence-electron chi connectivity index (χ3n) is 4.32. The van der Waals surface area contributed by atoms with Crippen LogP contribution in [0.15, 0.2) is 47.6 Å². The smallest absolute Gasteiger partial charge is 0.325 e. The second kappa shape index (κ2) is 7.88. The van der Waals surface area contributed by atoms with E-state index >= 15 is 0 Å². The van der Waals surface area contributed by atoms with Crippen LogP contribution < -0.4 is 10.6 Å². The molecule has 0 fully saturated rings. The predicted molar refractivity (Wildman–Crippen MR) is 113 cm³/mol. The van der Waals surface area contributed by atoms with Crippen molar-refractivity contribution in [3.05, 3.63) is 53.6 Å². The van der Waals surface area contributed by atoms with Crippen molar-refractivity contribution < 1.29 is 9.59 Å². The van der Waals surface area contributed by atoms with Gasteiger partial charge in [-0.05, 0) is 31.5 Å². The first kappa shape index (κ1) is 18.9. The normalized spacial score (nSPS) is 11.0. The minimum Gasteiger partial charge on any atom is -0.338 e. The number of anilines is 1. The number of imide groups is 1. The maximum Gasteiger partial charge on any atom is 0.325 e. The van der Waals surface area contributed by atoms with Gasteiger partial charge in [0.25, 0.3) is 0 Å². The molecular weight excluding hydrogens is 388 g/mol. The van der Waals surface area contributed by atoms with E-state index in [1.54, 1.807) is 6.07 Å². The SMILES string of the molecule is Cc1ccc(NC(=O)NC(=O)CSc2nnc3c(n2)[nH]c2ccccc23)c(C)c1. The molecule has 3 amide bonds. The zero-order chi connectivity index (χ0) is 20.4. The summed E-state index contributed by atoms with van der Waals surface area (Å²) in [6.07, 6.45) is 0. The van der Waals surface area contributed by atoms with E-state index < -0.39 is 11.9 Å². The zero-order valence-corrected chi connectivity index (χ0v) is 16.6. The van der Waals surface area contributed by atoms with Crippen molar-refractivity contribution in [2.45, 2.75) is 19.0 Å². The number of carbonyl (C=O) groups excluding carboxylic acids is 2. The van der Waals surface area contributed by atoms with Gasteiger partial charge in [0.15, 0.2) is 5.65 Å². The van der Waals surface area contributed by atoms with Gasteiger partial charge >= 0.3 is 6.03 Å². The minimum absolute atomic E-state index is 0.00624. The highest BCUT2D eigenvalue weighted by atomic mass is 32.2. The van der Waals surface area contributed by atoms with Gasteiger partial charge in [-0.15, -0.1) is 10.2 Å². The fraction of sp³-hybridized carbons (Fsp3) is 0.150. The Morgan fingerprint density at radius 1 is 1.10 bits per heavy atom. The predicted octanol–water partition coefficient (Wildman–Crippen LogP) is 3.56. The first-order chi connectivity index (χ1) is 14.0. The molecule has 4 aromatic rings. The Balaban J connectivity index is 1.36. The van der Waals surface area contributed by atoms with Crippen molar-refractivity contribution in [3.8, 4) is 0 Å². The summed E-state index contributed by atoms with van der Waals surface area (Å²) >= 11 is 1.11. The first-order valence-corrected chi connectivity index (χ1v) is 9.90. The van der Waals surface area contributed by atoms with Crippen LogP contribution in [0.3, 0.4) is 0 Å². The number of aromatic nitrogens is 4. The number of aryl methyl sites for hydroxylation is 2. The van der Waals surface area contributed by atoms with Crippen LogP contribution >= 0.6 is 11.8 Å². The molecule has 0 saturated carbocycles. The number of amides is 3. The molecule has 2 heterocycles. The highest BCUT2D eigenvalue weighted by Gasteiger charge is 2.13. The Hall–Kier alpha value is -3.46. The lowest BCUT2D eigenvalue weighted by Crippen LogP contribution is -2.35. The lowest BCUT2D eigenvalue weighted by Gasteiger charge is -2.09. The number of nitrogens with one attached hydrogen (secondary N) is 3. The maximum absolute atomic E-state index is 12.1. The quantitative estimate of drug-likeness (QED) is 0.447. The van der Waals surface area contributed by atoms with Crippen LogP contribution in [0.4, 0.5) is 10.5 Å². The van der Waals surface area contributed by atoms with Crippen molar-refractivity contribution >= 4 is 51.5 Å². The number of hydrogen-bond donors (Lipinski definition) is 3. The average molecular weight is 406 g/mol. The Labute approximate surface area is 170 Å². The van der Waals surface area contributed by atoms with Crippen molar-refractivity contribution in [2.24, 2.45) is 0 Å². The topological polar surface area (TPSA) is 113 Å². The molecule has 3 N–H and O–H groups in total. The number of carbonyl (C=O) groups is 2. The van der Waals surface area contributed by atoms with E-state index in [-0.39, 0.29) is 5.75 Å². The van der Waals surface area contributed by atoms with Gasteiger partial charge in [0.2, 0.25) is 11.1 Å². The van der Waals surface area contributed by atoms with Crippen molar-refractivity contribution in [2.75, 3.05) is 11.1 Å². The number of aromatic amines is 1. The summed E-state index contributed by atoms with van der Waals surface area (Å²) in [6, 6.07) is 12.8. The van der Waals surface area contributed by atoms with E-state index in [1.165, 1.54) is 0 Å².